The molecule has 1 aromatic heterocycles. The lowest BCUT2D eigenvalue weighted by Gasteiger charge is -2.32. The number of aryl methyl sites for hydroxylation is 1. The minimum Gasteiger partial charge on any atom is -0.387 e. The number of carbonyl (C=O) groups excluding carboxylic acids is 2. The molecule has 3 rings (SSSR count). The Morgan fingerprint density at radius 3 is 1.77 bits per heavy atom. The predicted octanol–water partition coefficient (Wildman–Crippen LogP) is 5.99. The first kappa shape index (κ1) is 30.6. The Morgan fingerprint density at radius 1 is 0.800 bits per heavy atom. The predicted molar refractivity (Wildman–Crippen MR) is 138 cm³/mol. The second-order valence-corrected chi connectivity index (χ2v) is 9.80. The molecule has 0 saturated carbocycles. The summed E-state index contributed by atoms with van der Waals surface area (Å²) in [6.07, 6.45) is -10.1. The van der Waals surface area contributed by atoms with Gasteiger partial charge >= 0.3 is 12.4 Å². The molecule has 1 heterocycles. The molecule has 0 fully saturated rings. The van der Waals surface area contributed by atoms with Crippen molar-refractivity contribution in [1.82, 2.24) is 4.98 Å². The number of halogens is 6. The highest BCUT2D eigenvalue weighted by molar-refractivity contribution is 6.03. The number of nitrogens with zero attached hydrogens (tertiary/aromatic N) is 3. The molecule has 2 amide bonds. The van der Waals surface area contributed by atoms with Gasteiger partial charge in [0.05, 0.1) is 27.9 Å². The van der Waals surface area contributed by atoms with E-state index in [1.54, 1.807) is 24.3 Å². The van der Waals surface area contributed by atoms with Crippen LogP contribution < -0.4 is 9.80 Å². The van der Waals surface area contributed by atoms with Gasteiger partial charge in [-0.1, -0.05) is 29.8 Å². The molecule has 40 heavy (non-hydrogen) atoms. The van der Waals surface area contributed by atoms with Crippen molar-refractivity contribution in [2.24, 2.45) is 0 Å². The monoisotopic (exact) mass is 567 g/mol. The van der Waals surface area contributed by atoms with Gasteiger partial charge in [0.2, 0.25) is 5.91 Å². The van der Waals surface area contributed by atoms with Gasteiger partial charge in [0, 0.05) is 19.7 Å². The van der Waals surface area contributed by atoms with Crippen molar-refractivity contribution in [1.29, 1.82) is 0 Å². The topological polar surface area (TPSA) is 73.7 Å². The number of rotatable bonds is 6. The van der Waals surface area contributed by atoms with E-state index >= 15 is 0 Å². The van der Waals surface area contributed by atoms with E-state index in [-0.39, 0.29) is 23.3 Å². The van der Waals surface area contributed by atoms with Crippen molar-refractivity contribution in [2.75, 3.05) is 30.5 Å². The number of anilines is 2. The number of pyridine rings is 1. The summed E-state index contributed by atoms with van der Waals surface area (Å²) in [5, 5.41) is 9.22. The molecule has 0 unspecified atom stereocenters. The van der Waals surface area contributed by atoms with Gasteiger partial charge < -0.3 is 10.0 Å². The third kappa shape index (κ3) is 6.27. The van der Waals surface area contributed by atoms with Crippen LogP contribution in [0.15, 0.2) is 54.6 Å². The fourth-order valence-electron chi connectivity index (χ4n) is 4.02. The zero-order valence-corrected chi connectivity index (χ0v) is 22.3. The first-order valence-electron chi connectivity index (χ1n) is 11.9. The van der Waals surface area contributed by atoms with Gasteiger partial charge in [-0.25, -0.2) is 4.98 Å². The summed E-state index contributed by atoms with van der Waals surface area (Å²) in [5.74, 6) is -1.31. The van der Waals surface area contributed by atoms with Gasteiger partial charge in [-0.3, -0.25) is 14.5 Å². The summed E-state index contributed by atoms with van der Waals surface area (Å²) in [4.78, 5) is 32.5. The number of hydrogen-bond donors (Lipinski definition) is 1. The van der Waals surface area contributed by atoms with Gasteiger partial charge in [-0.2, -0.15) is 26.3 Å². The molecule has 0 aliphatic heterocycles. The zero-order valence-electron chi connectivity index (χ0n) is 22.3. The lowest BCUT2D eigenvalue weighted by Crippen LogP contribution is -2.42. The largest absolute Gasteiger partial charge is 0.416 e. The highest BCUT2D eigenvalue weighted by Gasteiger charge is 2.41. The Labute approximate surface area is 226 Å². The number of aliphatic hydroxyl groups excluding tert-OH is 1. The third-order valence-electron chi connectivity index (χ3n) is 6.55. The van der Waals surface area contributed by atoms with Crippen LogP contribution in [-0.4, -0.2) is 42.6 Å². The molecule has 0 saturated heterocycles. The van der Waals surface area contributed by atoms with Crippen LogP contribution in [0.2, 0.25) is 0 Å². The standard InChI is InChI=1S/C28H27F6N3O3/c1-16-6-8-17(9-7-16)24-21(10-11-22(35-24)37(5)23(39)15-38)36(4)25(40)26(2,3)18-12-19(27(29,30)31)14-20(13-18)28(32,33)34/h6-14,38H,15H2,1-5H3. The Hall–Kier alpha value is -3.93. The number of carbonyl (C=O) groups is 2. The van der Waals surface area contributed by atoms with E-state index in [2.05, 4.69) is 4.98 Å². The van der Waals surface area contributed by atoms with Gasteiger partial charge in [-0.05, 0) is 56.7 Å². The van der Waals surface area contributed by atoms with Crippen molar-refractivity contribution in [3.63, 3.8) is 0 Å². The van der Waals surface area contributed by atoms with Crippen LogP contribution >= 0.6 is 0 Å². The molecule has 0 atom stereocenters. The van der Waals surface area contributed by atoms with Crippen molar-refractivity contribution < 1.29 is 41.0 Å². The average Bonchev–Trinajstić information content (AvgIpc) is 2.90. The summed E-state index contributed by atoms with van der Waals surface area (Å²) < 4.78 is 80.9. The van der Waals surface area contributed by atoms with Crippen LogP contribution in [0.5, 0.6) is 0 Å². The SMILES string of the molecule is Cc1ccc(-c2nc(N(C)C(=O)CO)ccc2N(C)C(=O)C(C)(C)c2cc(C(F)(F)F)cc(C(F)(F)F)c2)cc1. The molecule has 0 bridgehead atoms. The van der Waals surface area contributed by atoms with Gasteiger partial charge in [0.25, 0.3) is 5.91 Å². The smallest absolute Gasteiger partial charge is 0.387 e. The zero-order chi connectivity index (χ0) is 30.2. The highest BCUT2D eigenvalue weighted by atomic mass is 19.4. The van der Waals surface area contributed by atoms with E-state index in [1.165, 1.54) is 40.1 Å². The summed E-state index contributed by atoms with van der Waals surface area (Å²) in [5.41, 5.74) is -3.48. The van der Waals surface area contributed by atoms with Crippen LogP contribution in [-0.2, 0) is 27.4 Å². The summed E-state index contributed by atoms with van der Waals surface area (Å²) in [6.45, 7) is 3.55. The van der Waals surface area contributed by atoms with Gasteiger partial charge in [0.15, 0.2) is 0 Å². The molecular weight excluding hydrogens is 540 g/mol. The van der Waals surface area contributed by atoms with E-state index in [0.29, 0.717) is 17.7 Å². The van der Waals surface area contributed by atoms with Gasteiger partial charge in [-0.15, -0.1) is 0 Å². The molecule has 0 spiro atoms. The Balaban J connectivity index is 2.15. The van der Waals surface area contributed by atoms with Crippen molar-refractivity contribution in [2.45, 2.75) is 38.5 Å². The normalized spacial score (nSPS) is 12.3. The van der Waals surface area contributed by atoms with Gasteiger partial charge in [0.1, 0.15) is 12.4 Å². The molecule has 6 nitrogen and oxygen atoms in total. The summed E-state index contributed by atoms with van der Waals surface area (Å²) >= 11 is 0. The molecule has 0 aliphatic rings. The molecule has 214 valence electrons. The fourth-order valence-corrected chi connectivity index (χ4v) is 4.02. The van der Waals surface area contributed by atoms with Crippen LogP contribution in [0.4, 0.5) is 37.8 Å². The Morgan fingerprint density at radius 2 is 1.30 bits per heavy atom. The van der Waals surface area contributed by atoms with E-state index in [9.17, 15) is 41.0 Å². The lowest BCUT2D eigenvalue weighted by molar-refractivity contribution is -0.143. The van der Waals surface area contributed by atoms with Crippen LogP contribution in [0.25, 0.3) is 11.3 Å². The average molecular weight is 568 g/mol. The minimum absolute atomic E-state index is 0.0100. The molecular formula is C28H27F6N3O3. The van der Waals surface area contributed by atoms with Crippen LogP contribution in [0.1, 0.15) is 36.1 Å². The van der Waals surface area contributed by atoms with Crippen LogP contribution in [0.3, 0.4) is 0 Å². The van der Waals surface area contributed by atoms with Crippen molar-refractivity contribution in [3.05, 3.63) is 76.9 Å². The third-order valence-corrected chi connectivity index (χ3v) is 6.55. The summed E-state index contributed by atoms with van der Waals surface area (Å²) in [7, 11) is 2.72. The fraction of sp³-hybridized carbons (Fsp3) is 0.321. The molecule has 12 heteroatoms. The molecule has 0 aliphatic carbocycles. The second-order valence-electron chi connectivity index (χ2n) is 9.80. The second kappa shape index (κ2) is 10.9. The molecule has 2 aromatic carbocycles. The Kier molecular flexibility index (Phi) is 8.35. The minimum atomic E-state index is -5.07. The van der Waals surface area contributed by atoms with Crippen LogP contribution in [0, 0.1) is 6.92 Å². The summed E-state index contributed by atoms with van der Waals surface area (Å²) in [6, 6.07) is 10.9. The number of alkyl halides is 6. The van der Waals surface area contributed by atoms with Crippen molar-refractivity contribution >= 4 is 23.3 Å². The maximum atomic E-state index is 13.7. The highest BCUT2D eigenvalue weighted by Crippen LogP contribution is 2.40. The number of likely N-dealkylation sites (N-methyl/N-ethyl adjacent to an activating group) is 2. The lowest BCUT2D eigenvalue weighted by atomic mass is 9.81. The van der Waals surface area contributed by atoms with E-state index in [1.807, 2.05) is 6.92 Å². The maximum absolute atomic E-state index is 13.7. The maximum Gasteiger partial charge on any atom is 0.416 e. The van der Waals surface area contributed by atoms with E-state index < -0.39 is 52.9 Å². The molecule has 0 radical (unpaired) electrons. The number of hydrogen-bond acceptors (Lipinski definition) is 4. The number of aromatic nitrogens is 1. The number of aliphatic hydroxyl groups is 1. The number of amides is 2. The quantitative estimate of drug-likeness (QED) is 0.372. The van der Waals surface area contributed by atoms with E-state index in [4.69, 9.17) is 0 Å². The Bertz CT molecular complexity index is 1380. The molecule has 1 N–H and O–H groups in total. The first-order chi connectivity index (χ1) is 18.4. The van der Waals surface area contributed by atoms with E-state index in [0.717, 1.165) is 15.4 Å². The number of benzene rings is 2. The molecule has 3 aromatic rings. The first-order valence-corrected chi connectivity index (χ1v) is 11.9. The van der Waals surface area contributed by atoms with Crippen molar-refractivity contribution in [3.8, 4) is 11.3 Å².